The van der Waals surface area contributed by atoms with Crippen LogP contribution in [0.25, 0.3) is 0 Å². The zero-order chi connectivity index (χ0) is 16.3. The lowest BCUT2D eigenvalue weighted by Gasteiger charge is -2.22. The van der Waals surface area contributed by atoms with Crippen LogP contribution in [-0.4, -0.2) is 44.6 Å². The number of hydrogen-bond donors (Lipinski definition) is 4. The molecule has 0 aromatic rings. The van der Waals surface area contributed by atoms with Crippen LogP contribution in [0.15, 0.2) is 24.3 Å². The molecule has 1 aliphatic carbocycles. The molecule has 0 spiro atoms. The monoisotopic (exact) mass is 288 g/mol. The van der Waals surface area contributed by atoms with Gasteiger partial charge in [-0.25, -0.2) is 9.59 Å². The minimum Gasteiger partial charge on any atom is -0.478 e. The Morgan fingerprint density at radius 3 is 1.15 bits per heavy atom. The van der Waals surface area contributed by atoms with Crippen molar-refractivity contribution in [3.05, 3.63) is 24.3 Å². The van der Waals surface area contributed by atoms with Crippen molar-refractivity contribution >= 4 is 11.9 Å². The maximum Gasteiger partial charge on any atom is 0.330 e. The highest BCUT2D eigenvalue weighted by atomic mass is 16.4. The van der Waals surface area contributed by atoms with Crippen LogP contribution < -0.4 is 0 Å². The van der Waals surface area contributed by atoms with E-state index in [1.54, 1.807) is 0 Å². The van der Waals surface area contributed by atoms with Crippen molar-refractivity contribution in [2.75, 3.05) is 0 Å². The van der Waals surface area contributed by atoms with Crippen LogP contribution in [0.4, 0.5) is 0 Å². The highest BCUT2D eigenvalue weighted by Gasteiger charge is 2.19. The number of carbonyl (C=O) groups is 2. The fraction of sp³-hybridized carbons (Fsp3) is 0.571. The lowest BCUT2D eigenvalue weighted by molar-refractivity contribution is -0.133. The lowest BCUT2D eigenvalue weighted by atomic mass is 9.95. The summed E-state index contributed by atoms with van der Waals surface area (Å²) in [6.07, 6.45) is 2.81. The summed E-state index contributed by atoms with van der Waals surface area (Å²) in [6, 6.07) is 0. The number of rotatable bonds is 2. The van der Waals surface area contributed by atoms with E-state index in [1.165, 1.54) is 13.8 Å². The zero-order valence-corrected chi connectivity index (χ0v) is 12.0. The maximum atomic E-state index is 9.60. The first-order valence-electron chi connectivity index (χ1n) is 6.23. The van der Waals surface area contributed by atoms with Gasteiger partial charge in [-0.2, -0.15) is 0 Å². The fourth-order valence-corrected chi connectivity index (χ4v) is 1.09. The van der Waals surface area contributed by atoms with Crippen LogP contribution in [-0.2, 0) is 9.59 Å². The highest BCUT2D eigenvalue weighted by molar-refractivity contribution is 5.85. The second-order valence-corrected chi connectivity index (χ2v) is 4.59. The third-order valence-electron chi connectivity index (χ3n) is 2.42. The standard InChI is InChI=1S/C6H12O2.2C4H6O2/c7-5-3-1-2-4-6(5)8;2*1-3(2)4(5)6/h5-8H,1-4H2;2*1H2,2H3,(H,5,6). The van der Waals surface area contributed by atoms with E-state index in [1.807, 2.05) is 0 Å². The van der Waals surface area contributed by atoms with E-state index in [0.29, 0.717) is 0 Å². The molecule has 0 aromatic carbocycles. The van der Waals surface area contributed by atoms with E-state index < -0.39 is 24.1 Å². The summed E-state index contributed by atoms with van der Waals surface area (Å²) in [6.45, 7) is 9.20. The molecule has 0 bridgehead atoms. The first kappa shape index (κ1) is 20.7. The van der Waals surface area contributed by atoms with E-state index in [0.717, 1.165) is 25.7 Å². The summed E-state index contributed by atoms with van der Waals surface area (Å²) in [5.74, 6) is -1.87. The molecule has 1 fully saturated rings. The van der Waals surface area contributed by atoms with Crippen LogP contribution in [0.1, 0.15) is 39.5 Å². The van der Waals surface area contributed by atoms with Crippen LogP contribution in [0, 0.1) is 0 Å². The fourth-order valence-electron chi connectivity index (χ4n) is 1.09. The SMILES string of the molecule is C=C(C)C(=O)O.C=C(C)C(=O)O.OC1CCCCC1O. The van der Waals surface area contributed by atoms with Crippen molar-refractivity contribution in [2.24, 2.45) is 0 Å². The minimum atomic E-state index is -0.935. The lowest BCUT2D eigenvalue weighted by Crippen LogP contribution is -2.28. The number of carboxylic acids is 2. The summed E-state index contributed by atoms with van der Waals surface area (Å²) >= 11 is 0. The average molecular weight is 288 g/mol. The average Bonchev–Trinajstić information content (AvgIpc) is 2.34. The van der Waals surface area contributed by atoms with Gasteiger partial charge in [0.1, 0.15) is 0 Å². The van der Waals surface area contributed by atoms with Crippen LogP contribution >= 0.6 is 0 Å². The smallest absolute Gasteiger partial charge is 0.330 e. The van der Waals surface area contributed by atoms with E-state index in [2.05, 4.69) is 13.2 Å². The molecule has 6 nitrogen and oxygen atoms in total. The summed E-state index contributed by atoms with van der Waals surface area (Å²) in [4.78, 5) is 19.2. The van der Waals surface area contributed by atoms with Gasteiger partial charge in [0.05, 0.1) is 12.2 Å². The van der Waals surface area contributed by atoms with E-state index >= 15 is 0 Å². The molecule has 1 aliphatic rings. The molecule has 0 aliphatic heterocycles. The molecular formula is C14H24O6. The molecule has 6 heteroatoms. The van der Waals surface area contributed by atoms with Gasteiger partial charge in [-0.1, -0.05) is 26.0 Å². The van der Waals surface area contributed by atoms with Gasteiger partial charge in [-0.3, -0.25) is 0 Å². The number of aliphatic hydroxyl groups is 2. The van der Waals surface area contributed by atoms with Gasteiger partial charge >= 0.3 is 11.9 Å². The van der Waals surface area contributed by atoms with Crippen molar-refractivity contribution in [3.63, 3.8) is 0 Å². The third-order valence-corrected chi connectivity index (χ3v) is 2.42. The van der Waals surface area contributed by atoms with Crippen LogP contribution in [0.2, 0.25) is 0 Å². The molecule has 4 N–H and O–H groups in total. The van der Waals surface area contributed by atoms with E-state index in [-0.39, 0.29) is 11.1 Å². The molecule has 0 radical (unpaired) electrons. The molecule has 116 valence electrons. The van der Waals surface area contributed by atoms with Crippen LogP contribution in [0.3, 0.4) is 0 Å². The van der Waals surface area contributed by atoms with Crippen LogP contribution in [0.5, 0.6) is 0 Å². The zero-order valence-electron chi connectivity index (χ0n) is 12.0. The van der Waals surface area contributed by atoms with E-state index in [9.17, 15) is 9.59 Å². The first-order valence-corrected chi connectivity index (χ1v) is 6.23. The molecule has 1 rings (SSSR count). The predicted molar refractivity (Wildman–Crippen MR) is 75.4 cm³/mol. The molecule has 1 saturated carbocycles. The van der Waals surface area contributed by atoms with E-state index in [4.69, 9.17) is 20.4 Å². The minimum absolute atomic E-state index is 0.176. The number of aliphatic carboxylic acids is 2. The Hall–Kier alpha value is -1.66. The molecular weight excluding hydrogens is 264 g/mol. The molecule has 2 unspecified atom stereocenters. The summed E-state index contributed by atoms with van der Waals surface area (Å²) in [5.41, 5.74) is 0.352. The molecule has 2 atom stereocenters. The van der Waals surface area contributed by atoms with Gasteiger partial charge in [0.25, 0.3) is 0 Å². The second-order valence-electron chi connectivity index (χ2n) is 4.59. The number of aliphatic hydroxyl groups excluding tert-OH is 2. The molecule has 0 saturated heterocycles. The van der Waals surface area contributed by atoms with Crippen molar-refractivity contribution in [1.29, 1.82) is 0 Å². The Morgan fingerprint density at radius 1 is 0.850 bits per heavy atom. The summed E-state index contributed by atoms with van der Waals surface area (Å²) < 4.78 is 0. The second kappa shape index (κ2) is 11.2. The molecule has 0 heterocycles. The van der Waals surface area contributed by atoms with Crippen molar-refractivity contribution in [3.8, 4) is 0 Å². The Bertz CT molecular complexity index is 290. The number of hydrogen-bond acceptors (Lipinski definition) is 4. The van der Waals surface area contributed by atoms with Gasteiger partial charge in [0.2, 0.25) is 0 Å². The van der Waals surface area contributed by atoms with Crippen molar-refractivity contribution in [2.45, 2.75) is 51.7 Å². The third kappa shape index (κ3) is 12.8. The Kier molecular flexibility index (Phi) is 11.6. The van der Waals surface area contributed by atoms with Crippen molar-refractivity contribution in [1.82, 2.24) is 0 Å². The van der Waals surface area contributed by atoms with Gasteiger partial charge < -0.3 is 20.4 Å². The number of carboxylic acid groups (broad SMARTS) is 2. The topological polar surface area (TPSA) is 115 Å². The Labute approximate surface area is 119 Å². The maximum absolute atomic E-state index is 9.60. The molecule has 0 amide bonds. The first-order chi connectivity index (χ1) is 9.09. The Balaban J connectivity index is 0. The normalized spacial score (nSPS) is 20.4. The van der Waals surface area contributed by atoms with Gasteiger partial charge in [0, 0.05) is 11.1 Å². The molecule has 0 aromatic heterocycles. The largest absolute Gasteiger partial charge is 0.478 e. The van der Waals surface area contributed by atoms with Gasteiger partial charge in [0.15, 0.2) is 0 Å². The van der Waals surface area contributed by atoms with Crippen molar-refractivity contribution < 1.29 is 30.0 Å². The summed E-state index contributed by atoms with van der Waals surface area (Å²) in [5, 5.41) is 33.6. The predicted octanol–water partition coefficient (Wildman–Crippen LogP) is 1.58. The Morgan fingerprint density at radius 2 is 1.05 bits per heavy atom. The highest BCUT2D eigenvalue weighted by Crippen LogP contribution is 2.17. The van der Waals surface area contributed by atoms with Gasteiger partial charge in [-0.15, -0.1) is 0 Å². The summed E-state index contributed by atoms with van der Waals surface area (Å²) in [7, 11) is 0. The quantitative estimate of drug-likeness (QED) is 0.573. The molecule has 20 heavy (non-hydrogen) atoms. The van der Waals surface area contributed by atoms with Gasteiger partial charge in [-0.05, 0) is 26.7 Å².